The Balaban J connectivity index is 2.05. The Morgan fingerprint density at radius 1 is 1.15 bits per heavy atom. The highest BCUT2D eigenvalue weighted by molar-refractivity contribution is 9.10. The number of carbonyl (C=O) groups excluding carboxylic acids is 2. The summed E-state index contributed by atoms with van der Waals surface area (Å²) in [4.78, 5) is 26.3. The van der Waals surface area contributed by atoms with Crippen LogP contribution < -0.4 is 4.90 Å². The van der Waals surface area contributed by atoms with Gasteiger partial charge in [-0.05, 0) is 53.4 Å². The molecule has 1 fully saturated rings. The van der Waals surface area contributed by atoms with Crippen LogP contribution in [0.4, 0.5) is 5.69 Å². The highest BCUT2D eigenvalue weighted by Crippen LogP contribution is 2.41. The highest BCUT2D eigenvalue weighted by Gasteiger charge is 2.48. The smallest absolute Gasteiger partial charge is 0.238 e. The molecule has 104 valence electrons. The molecule has 0 radical (unpaired) electrons. The number of hydrogen-bond donors (Lipinski definition) is 0. The molecular formula is C15H13BrClNO2. The van der Waals surface area contributed by atoms with E-state index in [2.05, 4.69) is 15.9 Å². The molecular weight excluding hydrogens is 342 g/mol. The quantitative estimate of drug-likeness (QED) is 0.567. The molecule has 0 spiro atoms. The summed E-state index contributed by atoms with van der Waals surface area (Å²) in [6.45, 7) is 1.88. The van der Waals surface area contributed by atoms with E-state index in [0.29, 0.717) is 28.0 Å². The van der Waals surface area contributed by atoms with Crippen molar-refractivity contribution in [3.05, 3.63) is 39.3 Å². The lowest BCUT2D eigenvalue weighted by atomic mass is 9.85. The van der Waals surface area contributed by atoms with Crippen LogP contribution in [-0.4, -0.2) is 11.8 Å². The van der Waals surface area contributed by atoms with Gasteiger partial charge in [0.2, 0.25) is 11.8 Å². The number of rotatable bonds is 1. The predicted octanol–water partition coefficient (Wildman–Crippen LogP) is 3.87. The second-order valence-corrected chi connectivity index (χ2v) is 6.48. The van der Waals surface area contributed by atoms with E-state index in [9.17, 15) is 9.59 Å². The zero-order valence-corrected chi connectivity index (χ0v) is 13.2. The molecule has 0 bridgehead atoms. The maximum atomic E-state index is 12.5. The van der Waals surface area contributed by atoms with E-state index < -0.39 is 0 Å². The van der Waals surface area contributed by atoms with Crippen LogP contribution in [0, 0.1) is 18.8 Å². The fraction of sp³-hybridized carbons (Fsp3) is 0.333. The van der Waals surface area contributed by atoms with Gasteiger partial charge in [-0.25, -0.2) is 4.90 Å². The molecule has 20 heavy (non-hydrogen) atoms. The van der Waals surface area contributed by atoms with Gasteiger partial charge in [-0.1, -0.05) is 23.8 Å². The summed E-state index contributed by atoms with van der Waals surface area (Å²) in [5.74, 6) is -0.686. The number of halogens is 2. The van der Waals surface area contributed by atoms with Gasteiger partial charge in [0.05, 0.1) is 17.5 Å². The fourth-order valence-corrected chi connectivity index (χ4v) is 3.64. The van der Waals surface area contributed by atoms with Crippen molar-refractivity contribution in [3.8, 4) is 0 Å². The molecule has 5 heteroatoms. The van der Waals surface area contributed by atoms with Crippen molar-refractivity contribution in [2.75, 3.05) is 4.90 Å². The van der Waals surface area contributed by atoms with Gasteiger partial charge in [-0.15, -0.1) is 0 Å². The van der Waals surface area contributed by atoms with E-state index in [4.69, 9.17) is 11.6 Å². The van der Waals surface area contributed by atoms with Crippen LogP contribution in [0.2, 0.25) is 5.02 Å². The molecule has 0 saturated carbocycles. The van der Waals surface area contributed by atoms with Crippen molar-refractivity contribution in [1.29, 1.82) is 0 Å². The molecule has 1 aliphatic carbocycles. The molecule has 2 amide bonds. The number of benzene rings is 1. The highest BCUT2D eigenvalue weighted by atomic mass is 79.9. The summed E-state index contributed by atoms with van der Waals surface area (Å²) >= 11 is 9.56. The summed E-state index contributed by atoms with van der Waals surface area (Å²) in [6.07, 6.45) is 5.24. The number of amides is 2. The van der Waals surface area contributed by atoms with E-state index >= 15 is 0 Å². The lowest BCUT2D eigenvalue weighted by Crippen LogP contribution is -2.31. The summed E-state index contributed by atoms with van der Waals surface area (Å²) in [7, 11) is 0. The summed E-state index contributed by atoms with van der Waals surface area (Å²) in [5, 5.41) is 0.553. The first-order valence-corrected chi connectivity index (χ1v) is 7.66. The van der Waals surface area contributed by atoms with Crippen molar-refractivity contribution < 1.29 is 9.59 Å². The van der Waals surface area contributed by atoms with Crippen LogP contribution in [0.3, 0.4) is 0 Å². The zero-order chi connectivity index (χ0) is 14.4. The molecule has 3 rings (SSSR count). The Hall–Kier alpha value is -1.13. The lowest BCUT2D eigenvalue weighted by molar-refractivity contribution is -0.122. The number of nitrogens with zero attached hydrogens (tertiary/aromatic N) is 1. The molecule has 0 aromatic heterocycles. The van der Waals surface area contributed by atoms with Crippen LogP contribution in [0.25, 0.3) is 0 Å². The van der Waals surface area contributed by atoms with Crippen LogP contribution in [0.1, 0.15) is 18.4 Å². The molecule has 1 aromatic carbocycles. The van der Waals surface area contributed by atoms with Gasteiger partial charge in [0.15, 0.2) is 0 Å². The van der Waals surface area contributed by atoms with Gasteiger partial charge >= 0.3 is 0 Å². The van der Waals surface area contributed by atoms with E-state index in [-0.39, 0.29) is 23.7 Å². The number of anilines is 1. The molecule has 2 aliphatic rings. The Morgan fingerprint density at radius 2 is 1.70 bits per heavy atom. The van der Waals surface area contributed by atoms with Crippen molar-refractivity contribution in [2.24, 2.45) is 11.8 Å². The predicted molar refractivity (Wildman–Crippen MR) is 81.7 cm³/mol. The molecule has 1 aromatic rings. The van der Waals surface area contributed by atoms with Crippen molar-refractivity contribution >= 4 is 45.0 Å². The Kier molecular flexibility index (Phi) is 3.46. The summed E-state index contributed by atoms with van der Waals surface area (Å²) in [6, 6.07) is 3.51. The van der Waals surface area contributed by atoms with Gasteiger partial charge in [-0.2, -0.15) is 0 Å². The topological polar surface area (TPSA) is 37.4 Å². The van der Waals surface area contributed by atoms with Gasteiger partial charge in [0, 0.05) is 9.50 Å². The third-order valence-corrected chi connectivity index (χ3v) is 5.02. The maximum Gasteiger partial charge on any atom is 0.238 e. The number of hydrogen-bond acceptors (Lipinski definition) is 2. The van der Waals surface area contributed by atoms with Crippen molar-refractivity contribution in [1.82, 2.24) is 0 Å². The minimum Gasteiger partial charge on any atom is -0.274 e. The minimum absolute atomic E-state index is 0.120. The van der Waals surface area contributed by atoms with Crippen molar-refractivity contribution in [2.45, 2.75) is 19.8 Å². The third kappa shape index (κ3) is 2.02. The standard InChI is InChI=1S/C15H13BrClNO2/c1-8-6-11(16)13(7-12(8)17)18-14(19)9-4-2-3-5-10(9)15(18)20/h2-3,6-7,9-10H,4-5H2,1H3. The fourth-order valence-electron chi connectivity index (χ4n) is 2.84. The maximum absolute atomic E-state index is 12.5. The molecule has 1 saturated heterocycles. The van der Waals surface area contributed by atoms with Gasteiger partial charge in [-0.3, -0.25) is 9.59 Å². The van der Waals surface area contributed by atoms with Gasteiger partial charge in [0.25, 0.3) is 0 Å². The van der Waals surface area contributed by atoms with E-state index in [0.717, 1.165) is 5.56 Å². The van der Waals surface area contributed by atoms with Gasteiger partial charge in [0.1, 0.15) is 0 Å². The number of fused-ring (bicyclic) bond motifs is 1. The van der Waals surface area contributed by atoms with E-state index in [1.54, 1.807) is 6.07 Å². The molecule has 1 aliphatic heterocycles. The number of aryl methyl sites for hydroxylation is 1. The van der Waals surface area contributed by atoms with E-state index in [1.165, 1.54) is 4.90 Å². The van der Waals surface area contributed by atoms with Crippen molar-refractivity contribution in [3.63, 3.8) is 0 Å². The average molecular weight is 355 g/mol. The SMILES string of the molecule is Cc1cc(Br)c(N2C(=O)C3CC=CCC3C2=O)cc1Cl. The monoisotopic (exact) mass is 353 g/mol. The zero-order valence-electron chi connectivity index (χ0n) is 10.9. The van der Waals surface area contributed by atoms with Gasteiger partial charge < -0.3 is 0 Å². The minimum atomic E-state index is -0.223. The Morgan fingerprint density at radius 3 is 2.25 bits per heavy atom. The molecule has 2 unspecified atom stereocenters. The first-order valence-electron chi connectivity index (χ1n) is 6.49. The van der Waals surface area contributed by atoms with Crippen LogP contribution >= 0.6 is 27.5 Å². The van der Waals surface area contributed by atoms with Crippen LogP contribution in [0.5, 0.6) is 0 Å². The molecule has 0 N–H and O–H groups in total. The van der Waals surface area contributed by atoms with Crippen LogP contribution in [0.15, 0.2) is 28.8 Å². The second kappa shape index (κ2) is 5.01. The first kappa shape index (κ1) is 13.8. The molecule has 3 nitrogen and oxygen atoms in total. The molecule has 1 heterocycles. The number of carbonyl (C=O) groups is 2. The number of imide groups is 1. The average Bonchev–Trinajstić information content (AvgIpc) is 2.68. The normalized spacial score (nSPS) is 25.2. The first-order chi connectivity index (χ1) is 9.50. The molecule has 2 atom stereocenters. The largest absolute Gasteiger partial charge is 0.274 e. The lowest BCUT2D eigenvalue weighted by Gasteiger charge is -2.17. The van der Waals surface area contributed by atoms with E-state index in [1.807, 2.05) is 25.1 Å². The summed E-state index contributed by atoms with van der Waals surface area (Å²) in [5.41, 5.74) is 1.45. The number of allylic oxidation sites excluding steroid dienone is 2. The third-order valence-electron chi connectivity index (χ3n) is 3.98. The second-order valence-electron chi connectivity index (χ2n) is 5.22. The Bertz CT molecular complexity index is 615. The summed E-state index contributed by atoms with van der Waals surface area (Å²) < 4.78 is 0.715. The Labute approximate surface area is 130 Å². The van der Waals surface area contributed by atoms with Crippen LogP contribution in [-0.2, 0) is 9.59 Å².